The van der Waals surface area contributed by atoms with E-state index < -0.39 is 30.0 Å². The van der Waals surface area contributed by atoms with E-state index in [1.54, 1.807) is 0 Å². The van der Waals surface area contributed by atoms with Crippen LogP contribution in [-0.2, 0) is 11.0 Å². The molecular formula is C16H14F3N3O4. The molecular weight excluding hydrogens is 355 g/mol. The number of aliphatic carboxylic acids is 1. The second-order valence-electron chi connectivity index (χ2n) is 5.23. The Labute approximate surface area is 145 Å². The topological polar surface area (TPSA) is 105 Å². The molecule has 138 valence electrons. The van der Waals surface area contributed by atoms with Gasteiger partial charge in [0.1, 0.15) is 6.04 Å². The SMILES string of the molecule is C=CCCC(NC(=O)c1ccc(-c2noc(C(F)(F)F)n2)cc1)C(=O)O. The zero-order valence-corrected chi connectivity index (χ0v) is 13.3. The van der Waals surface area contributed by atoms with Crippen LogP contribution in [-0.4, -0.2) is 33.2 Å². The Balaban J connectivity index is 2.11. The van der Waals surface area contributed by atoms with Crippen molar-refractivity contribution in [3.05, 3.63) is 48.4 Å². The lowest BCUT2D eigenvalue weighted by molar-refractivity contribution is -0.159. The maximum atomic E-state index is 12.5. The van der Waals surface area contributed by atoms with Crippen molar-refractivity contribution in [3.8, 4) is 11.4 Å². The molecule has 2 aromatic rings. The molecule has 1 heterocycles. The van der Waals surface area contributed by atoms with Crippen molar-refractivity contribution < 1.29 is 32.4 Å². The molecule has 0 radical (unpaired) electrons. The fourth-order valence-corrected chi connectivity index (χ4v) is 2.01. The number of hydrogen-bond donors (Lipinski definition) is 2. The van der Waals surface area contributed by atoms with Gasteiger partial charge in [0.15, 0.2) is 0 Å². The Hall–Kier alpha value is -3.17. The summed E-state index contributed by atoms with van der Waals surface area (Å²) in [7, 11) is 0. The highest BCUT2D eigenvalue weighted by Crippen LogP contribution is 2.29. The smallest absolute Gasteiger partial charge is 0.471 e. The van der Waals surface area contributed by atoms with E-state index in [0.717, 1.165) is 0 Å². The van der Waals surface area contributed by atoms with Crippen LogP contribution in [0.2, 0.25) is 0 Å². The van der Waals surface area contributed by atoms with E-state index in [1.807, 2.05) is 0 Å². The molecule has 0 fully saturated rings. The largest absolute Gasteiger partial charge is 0.480 e. The highest BCUT2D eigenvalue weighted by molar-refractivity contribution is 5.96. The van der Waals surface area contributed by atoms with E-state index in [-0.39, 0.29) is 23.4 Å². The summed E-state index contributed by atoms with van der Waals surface area (Å²) in [6.45, 7) is 3.49. The Morgan fingerprint density at radius 2 is 1.96 bits per heavy atom. The number of carbonyl (C=O) groups is 2. The highest BCUT2D eigenvalue weighted by Gasteiger charge is 2.38. The molecule has 7 nitrogen and oxygen atoms in total. The second-order valence-corrected chi connectivity index (χ2v) is 5.23. The van der Waals surface area contributed by atoms with E-state index >= 15 is 0 Å². The fourth-order valence-electron chi connectivity index (χ4n) is 2.01. The minimum Gasteiger partial charge on any atom is -0.480 e. The lowest BCUT2D eigenvalue weighted by atomic mass is 10.1. The van der Waals surface area contributed by atoms with Crippen molar-refractivity contribution in [2.45, 2.75) is 25.1 Å². The van der Waals surface area contributed by atoms with Gasteiger partial charge in [-0.3, -0.25) is 4.79 Å². The standard InChI is InChI=1S/C16H14F3N3O4/c1-2-3-4-11(14(24)25)20-13(23)10-7-5-9(6-8-10)12-21-15(26-22-12)16(17,18)19/h2,5-8,11H,1,3-4H2,(H,20,23)(H,24,25). The summed E-state index contributed by atoms with van der Waals surface area (Å²) in [5.74, 6) is -3.56. The number of hydrogen-bond acceptors (Lipinski definition) is 5. The molecule has 2 N–H and O–H groups in total. The third-order valence-corrected chi connectivity index (χ3v) is 3.34. The zero-order chi connectivity index (χ0) is 19.3. The first-order chi connectivity index (χ1) is 12.2. The number of nitrogens with one attached hydrogen (secondary N) is 1. The predicted octanol–water partition coefficient (Wildman–Crippen LogP) is 2.90. The third-order valence-electron chi connectivity index (χ3n) is 3.34. The van der Waals surface area contributed by atoms with Crippen LogP contribution in [0.15, 0.2) is 41.4 Å². The minimum atomic E-state index is -4.75. The van der Waals surface area contributed by atoms with Crippen molar-refractivity contribution in [1.82, 2.24) is 15.5 Å². The second kappa shape index (κ2) is 7.81. The zero-order valence-electron chi connectivity index (χ0n) is 13.3. The summed E-state index contributed by atoms with van der Waals surface area (Å²) in [4.78, 5) is 26.5. The minimum absolute atomic E-state index is 0.137. The average molecular weight is 369 g/mol. The van der Waals surface area contributed by atoms with Crippen molar-refractivity contribution >= 4 is 11.9 Å². The van der Waals surface area contributed by atoms with Crippen LogP contribution >= 0.6 is 0 Å². The molecule has 1 amide bonds. The number of carbonyl (C=O) groups excluding carboxylic acids is 1. The molecule has 1 unspecified atom stereocenters. The quantitative estimate of drug-likeness (QED) is 0.727. The van der Waals surface area contributed by atoms with E-state index in [2.05, 4.69) is 26.6 Å². The van der Waals surface area contributed by atoms with Gasteiger partial charge in [-0.1, -0.05) is 23.4 Å². The van der Waals surface area contributed by atoms with E-state index in [4.69, 9.17) is 5.11 Å². The summed E-state index contributed by atoms with van der Waals surface area (Å²) >= 11 is 0. The van der Waals surface area contributed by atoms with Crippen molar-refractivity contribution in [2.75, 3.05) is 0 Å². The maximum absolute atomic E-state index is 12.5. The monoisotopic (exact) mass is 369 g/mol. The first-order valence-corrected chi connectivity index (χ1v) is 7.38. The van der Waals surface area contributed by atoms with Gasteiger partial charge in [-0.2, -0.15) is 18.2 Å². The van der Waals surface area contributed by atoms with Crippen LogP contribution in [0.4, 0.5) is 13.2 Å². The fraction of sp³-hybridized carbons (Fsp3) is 0.250. The van der Waals surface area contributed by atoms with Gasteiger partial charge in [0, 0.05) is 11.1 Å². The van der Waals surface area contributed by atoms with Crippen LogP contribution in [0.5, 0.6) is 0 Å². The normalized spacial score (nSPS) is 12.4. The molecule has 10 heteroatoms. The number of carboxylic acids is 1. The van der Waals surface area contributed by atoms with Gasteiger partial charge in [-0.15, -0.1) is 6.58 Å². The number of aromatic nitrogens is 2. The average Bonchev–Trinajstić information content (AvgIpc) is 3.08. The van der Waals surface area contributed by atoms with Gasteiger partial charge in [-0.25, -0.2) is 4.79 Å². The molecule has 0 aliphatic rings. The third kappa shape index (κ3) is 4.68. The molecule has 0 saturated carbocycles. The van der Waals surface area contributed by atoms with Crippen molar-refractivity contribution in [1.29, 1.82) is 0 Å². The summed E-state index contributed by atoms with van der Waals surface area (Å²) in [6, 6.07) is 4.23. The number of halogens is 3. The number of nitrogens with zero attached hydrogens (tertiary/aromatic N) is 2. The molecule has 0 aliphatic carbocycles. The number of amides is 1. The van der Waals surface area contributed by atoms with Gasteiger partial charge >= 0.3 is 18.0 Å². The van der Waals surface area contributed by atoms with Gasteiger partial charge in [0.2, 0.25) is 5.82 Å². The molecule has 1 atom stereocenters. The Morgan fingerprint density at radius 1 is 1.31 bits per heavy atom. The number of rotatable bonds is 7. The van der Waals surface area contributed by atoms with E-state index in [9.17, 15) is 22.8 Å². The van der Waals surface area contributed by atoms with Crippen LogP contribution in [0, 0.1) is 0 Å². The molecule has 0 saturated heterocycles. The number of allylic oxidation sites excluding steroid dienone is 1. The van der Waals surface area contributed by atoms with E-state index in [0.29, 0.717) is 6.42 Å². The Bertz CT molecular complexity index is 800. The van der Waals surface area contributed by atoms with Gasteiger partial charge < -0.3 is 14.9 Å². The van der Waals surface area contributed by atoms with Crippen LogP contribution < -0.4 is 5.32 Å². The predicted molar refractivity (Wildman–Crippen MR) is 83.1 cm³/mol. The van der Waals surface area contributed by atoms with E-state index in [1.165, 1.54) is 30.3 Å². The summed E-state index contributed by atoms with van der Waals surface area (Å²) < 4.78 is 41.5. The van der Waals surface area contributed by atoms with Gasteiger partial charge in [0.05, 0.1) is 0 Å². The molecule has 2 rings (SSSR count). The molecule has 0 bridgehead atoms. The molecule has 26 heavy (non-hydrogen) atoms. The number of alkyl halides is 3. The Kier molecular flexibility index (Phi) is 5.75. The number of carboxylic acid groups (broad SMARTS) is 1. The summed E-state index contributed by atoms with van der Waals surface area (Å²) in [6.07, 6.45) is -2.61. The molecule has 0 aliphatic heterocycles. The first kappa shape index (κ1) is 19.2. The Morgan fingerprint density at radius 3 is 2.46 bits per heavy atom. The molecule has 1 aromatic carbocycles. The lowest BCUT2D eigenvalue weighted by Crippen LogP contribution is -2.40. The maximum Gasteiger partial charge on any atom is 0.471 e. The van der Waals surface area contributed by atoms with Crippen LogP contribution in [0.3, 0.4) is 0 Å². The summed E-state index contributed by atoms with van der Waals surface area (Å²) in [5, 5.41) is 14.7. The van der Waals surface area contributed by atoms with Crippen molar-refractivity contribution in [3.63, 3.8) is 0 Å². The summed E-state index contributed by atoms with van der Waals surface area (Å²) in [5.41, 5.74) is 0.348. The van der Waals surface area contributed by atoms with Gasteiger partial charge in [0.25, 0.3) is 5.91 Å². The molecule has 0 spiro atoms. The molecule has 1 aromatic heterocycles. The number of benzene rings is 1. The lowest BCUT2D eigenvalue weighted by Gasteiger charge is -2.13. The highest BCUT2D eigenvalue weighted by atomic mass is 19.4. The van der Waals surface area contributed by atoms with Crippen molar-refractivity contribution in [2.24, 2.45) is 0 Å². The first-order valence-electron chi connectivity index (χ1n) is 7.38. The van der Waals surface area contributed by atoms with Crippen LogP contribution in [0.1, 0.15) is 29.1 Å². The van der Waals surface area contributed by atoms with Gasteiger partial charge in [-0.05, 0) is 25.0 Å². The van der Waals surface area contributed by atoms with Crippen LogP contribution in [0.25, 0.3) is 11.4 Å².